The lowest BCUT2D eigenvalue weighted by atomic mass is 9.96. The van der Waals surface area contributed by atoms with Crippen LogP contribution in [0.25, 0.3) is 0 Å². The second kappa shape index (κ2) is 5.11. The summed E-state index contributed by atoms with van der Waals surface area (Å²) in [6.45, 7) is 3.24. The molecule has 1 unspecified atom stereocenters. The number of carbonyl (C=O) groups excluding carboxylic acids is 1. The molecule has 0 saturated heterocycles. The van der Waals surface area contributed by atoms with Crippen molar-refractivity contribution in [2.24, 2.45) is 5.92 Å². The SMILES string of the molecule is Cc1ccc(F)c(NC(=O)NC(C)(C(=O)O)C2CC2)c1. The van der Waals surface area contributed by atoms with E-state index >= 15 is 0 Å². The zero-order valence-corrected chi connectivity index (χ0v) is 11.4. The Morgan fingerprint density at radius 2 is 2.05 bits per heavy atom. The Morgan fingerprint density at radius 1 is 1.40 bits per heavy atom. The van der Waals surface area contributed by atoms with Crippen LogP contribution in [0.3, 0.4) is 0 Å². The minimum Gasteiger partial charge on any atom is -0.480 e. The molecule has 1 saturated carbocycles. The highest BCUT2D eigenvalue weighted by atomic mass is 19.1. The molecule has 1 aromatic rings. The molecule has 0 bridgehead atoms. The van der Waals surface area contributed by atoms with Crippen molar-refractivity contribution in [2.45, 2.75) is 32.2 Å². The first-order valence-electron chi connectivity index (χ1n) is 6.41. The summed E-state index contributed by atoms with van der Waals surface area (Å²) in [6, 6.07) is 3.61. The average Bonchev–Trinajstić information content (AvgIpc) is 3.17. The van der Waals surface area contributed by atoms with Crippen LogP contribution in [0.1, 0.15) is 25.3 Å². The summed E-state index contributed by atoms with van der Waals surface area (Å²) in [5.41, 5.74) is -0.486. The number of aliphatic carboxylic acids is 1. The molecule has 0 aliphatic heterocycles. The Labute approximate surface area is 116 Å². The lowest BCUT2D eigenvalue weighted by Gasteiger charge is -2.26. The third kappa shape index (κ3) is 2.89. The van der Waals surface area contributed by atoms with E-state index in [0.29, 0.717) is 0 Å². The van der Waals surface area contributed by atoms with Gasteiger partial charge >= 0.3 is 12.0 Å². The zero-order chi connectivity index (χ0) is 14.9. The minimum atomic E-state index is -1.32. The zero-order valence-electron chi connectivity index (χ0n) is 11.4. The highest BCUT2D eigenvalue weighted by Crippen LogP contribution is 2.39. The van der Waals surface area contributed by atoms with E-state index in [1.165, 1.54) is 19.1 Å². The first kappa shape index (κ1) is 14.3. The molecule has 1 atom stereocenters. The molecular weight excluding hydrogens is 263 g/mol. The lowest BCUT2D eigenvalue weighted by molar-refractivity contribution is -0.144. The van der Waals surface area contributed by atoms with Crippen LogP contribution in [0.5, 0.6) is 0 Å². The molecule has 20 heavy (non-hydrogen) atoms. The Kier molecular flexibility index (Phi) is 3.65. The molecule has 5 nitrogen and oxygen atoms in total. The number of carboxylic acids is 1. The monoisotopic (exact) mass is 280 g/mol. The van der Waals surface area contributed by atoms with E-state index in [0.717, 1.165) is 18.4 Å². The highest BCUT2D eigenvalue weighted by Gasteiger charge is 2.48. The van der Waals surface area contributed by atoms with E-state index in [9.17, 15) is 19.1 Å². The molecular formula is C14H17FN2O3. The van der Waals surface area contributed by atoms with Crippen molar-refractivity contribution in [1.82, 2.24) is 5.32 Å². The number of carboxylic acid groups (broad SMARTS) is 1. The van der Waals surface area contributed by atoms with Gasteiger partial charge in [0.15, 0.2) is 0 Å². The van der Waals surface area contributed by atoms with Gasteiger partial charge in [0, 0.05) is 0 Å². The van der Waals surface area contributed by atoms with Crippen molar-refractivity contribution in [3.05, 3.63) is 29.6 Å². The molecule has 0 radical (unpaired) electrons. The van der Waals surface area contributed by atoms with E-state index in [2.05, 4.69) is 10.6 Å². The van der Waals surface area contributed by atoms with Gasteiger partial charge in [0.05, 0.1) is 5.69 Å². The number of carbonyl (C=O) groups is 2. The van der Waals surface area contributed by atoms with Gasteiger partial charge in [-0.15, -0.1) is 0 Å². The Balaban J connectivity index is 2.08. The molecule has 1 aliphatic carbocycles. The molecule has 3 N–H and O–H groups in total. The highest BCUT2D eigenvalue weighted by molar-refractivity contribution is 5.94. The van der Waals surface area contributed by atoms with E-state index in [4.69, 9.17) is 0 Å². The minimum absolute atomic E-state index is 0.0334. The van der Waals surface area contributed by atoms with Crippen LogP contribution in [-0.2, 0) is 4.79 Å². The maximum absolute atomic E-state index is 13.5. The van der Waals surface area contributed by atoms with Crippen molar-refractivity contribution >= 4 is 17.7 Å². The number of aryl methyl sites for hydroxylation is 1. The molecule has 1 fully saturated rings. The summed E-state index contributed by atoms with van der Waals surface area (Å²) in [4.78, 5) is 23.2. The number of benzene rings is 1. The fourth-order valence-corrected chi connectivity index (χ4v) is 2.12. The van der Waals surface area contributed by atoms with Crippen molar-refractivity contribution in [3.63, 3.8) is 0 Å². The molecule has 2 rings (SSSR count). The summed E-state index contributed by atoms with van der Waals surface area (Å²) >= 11 is 0. The topological polar surface area (TPSA) is 78.4 Å². The molecule has 1 aromatic carbocycles. The number of halogens is 1. The number of hydrogen-bond acceptors (Lipinski definition) is 2. The Hall–Kier alpha value is -2.11. The summed E-state index contributed by atoms with van der Waals surface area (Å²) in [6.07, 6.45) is 1.53. The number of hydrogen-bond donors (Lipinski definition) is 3. The third-order valence-electron chi connectivity index (χ3n) is 3.58. The van der Waals surface area contributed by atoms with Gasteiger partial charge in [-0.1, -0.05) is 6.07 Å². The predicted octanol–water partition coefficient (Wildman–Crippen LogP) is 2.51. The van der Waals surface area contributed by atoms with E-state index in [1.54, 1.807) is 13.0 Å². The van der Waals surface area contributed by atoms with E-state index in [-0.39, 0.29) is 11.6 Å². The number of amides is 2. The van der Waals surface area contributed by atoms with Crippen molar-refractivity contribution in [3.8, 4) is 0 Å². The van der Waals surface area contributed by atoms with Crippen LogP contribution in [-0.4, -0.2) is 22.6 Å². The van der Waals surface area contributed by atoms with Crippen molar-refractivity contribution < 1.29 is 19.1 Å². The summed E-state index contributed by atoms with van der Waals surface area (Å²) in [7, 11) is 0. The smallest absolute Gasteiger partial charge is 0.329 e. The van der Waals surface area contributed by atoms with Crippen LogP contribution >= 0.6 is 0 Å². The molecule has 0 heterocycles. The second-order valence-corrected chi connectivity index (χ2v) is 5.34. The van der Waals surface area contributed by atoms with Gasteiger partial charge < -0.3 is 15.7 Å². The number of anilines is 1. The van der Waals surface area contributed by atoms with Crippen LogP contribution in [0.15, 0.2) is 18.2 Å². The van der Waals surface area contributed by atoms with Crippen LogP contribution in [0, 0.1) is 18.7 Å². The summed E-state index contributed by atoms with van der Waals surface area (Å²) < 4.78 is 13.5. The molecule has 0 spiro atoms. The van der Waals surface area contributed by atoms with Gasteiger partial charge in [-0.25, -0.2) is 14.0 Å². The van der Waals surface area contributed by atoms with Gasteiger partial charge in [-0.2, -0.15) is 0 Å². The standard InChI is InChI=1S/C14H17FN2O3/c1-8-3-6-10(15)11(7-8)16-13(20)17-14(2,12(18)19)9-4-5-9/h3,6-7,9H,4-5H2,1-2H3,(H,18,19)(H2,16,17,20). The van der Waals surface area contributed by atoms with Gasteiger partial charge in [0.1, 0.15) is 11.4 Å². The maximum Gasteiger partial charge on any atom is 0.329 e. The summed E-state index contributed by atoms with van der Waals surface area (Å²) in [5.74, 6) is -1.72. The molecule has 0 aromatic heterocycles. The summed E-state index contributed by atoms with van der Waals surface area (Å²) in [5, 5.41) is 14.0. The van der Waals surface area contributed by atoms with Crippen LogP contribution in [0.4, 0.5) is 14.9 Å². The average molecular weight is 280 g/mol. The first-order chi connectivity index (χ1) is 9.33. The fraction of sp³-hybridized carbons (Fsp3) is 0.429. The third-order valence-corrected chi connectivity index (χ3v) is 3.58. The quantitative estimate of drug-likeness (QED) is 0.793. The molecule has 1 aliphatic rings. The number of nitrogens with one attached hydrogen (secondary N) is 2. The van der Waals surface area contributed by atoms with Crippen molar-refractivity contribution in [1.29, 1.82) is 0 Å². The second-order valence-electron chi connectivity index (χ2n) is 5.34. The van der Waals surface area contributed by atoms with E-state index < -0.39 is 23.4 Å². The predicted molar refractivity (Wildman–Crippen MR) is 72.1 cm³/mol. The molecule has 108 valence electrons. The lowest BCUT2D eigenvalue weighted by Crippen LogP contribution is -2.55. The largest absolute Gasteiger partial charge is 0.480 e. The fourth-order valence-electron chi connectivity index (χ4n) is 2.12. The van der Waals surface area contributed by atoms with Gasteiger partial charge in [0.25, 0.3) is 0 Å². The maximum atomic E-state index is 13.5. The number of urea groups is 1. The van der Waals surface area contributed by atoms with Gasteiger partial charge in [-0.05, 0) is 50.3 Å². The van der Waals surface area contributed by atoms with Gasteiger partial charge in [0.2, 0.25) is 0 Å². The van der Waals surface area contributed by atoms with Crippen molar-refractivity contribution in [2.75, 3.05) is 5.32 Å². The molecule has 2 amide bonds. The van der Waals surface area contributed by atoms with Gasteiger partial charge in [-0.3, -0.25) is 0 Å². The Morgan fingerprint density at radius 3 is 2.60 bits per heavy atom. The Bertz CT molecular complexity index is 557. The first-order valence-corrected chi connectivity index (χ1v) is 6.41. The van der Waals surface area contributed by atoms with Crippen LogP contribution < -0.4 is 10.6 Å². The molecule has 6 heteroatoms. The van der Waals surface area contributed by atoms with Crippen LogP contribution in [0.2, 0.25) is 0 Å². The normalized spacial score (nSPS) is 17.1. The number of rotatable bonds is 4. The van der Waals surface area contributed by atoms with E-state index in [1.807, 2.05) is 0 Å².